The van der Waals surface area contributed by atoms with Crippen molar-refractivity contribution < 1.29 is 13.7 Å². The molecule has 0 amide bonds. The second-order valence-corrected chi connectivity index (χ2v) is 12.8. The summed E-state index contributed by atoms with van der Waals surface area (Å²) < 4.78 is 20.2. The number of hydrogen-bond acceptors (Lipinski definition) is 3. The summed E-state index contributed by atoms with van der Waals surface area (Å²) >= 11 is 0. The van der Waals surface area contributed by atoms with Crippen molar-refractivity contribution in [2.24, 2.45) is 0 Å². The Morgan fingerprint density at radius 3 is 1.50 bits per heavy atom. The molecule has 0 aromatic heterocycles. The lowest BCUT2D eigenvalue weighted by atomic mass is 10.2. The largest absolute Gasteiger partial charge is 0.462 e. The molecule has 0 spiro atoms. The highest BCUT2D eigenvalue weighted by Gasteiger charge is 2.37. The fourth-order valence-electron chi connectivity index (χ4n) is 4.06. The Bertz CT molecular complexity index is 1230. The van der Waals surface area contributed by atoms with Crippen LogP contribution in [0, 0.1) is 6.92 Å². The Labute approximate surface area is 203 Å². The van der Waals surface area contributed by atoms with Crippen LogP contribution in [-0.2, 0) is 20.3 Å². The van der Waals surface area contributed by atoms with Gasteiger partial charge in [-0.25, -0.2) is 9.00 Å². The monoisotopic (exact) mass is 486 g/mol. The van der Waals surface area contributed by atoms with Crippen molar-refractivity contribution in [3.8, 4) is 0 Å². The van der Waals surface area contributed by atoms with E-state index in [1.807, 2.05) is 122 Å². The average molecular weight is 487 g/mol. The van der Waals surface area contributed by atoms with Crippen molar-refractivity contribution in [2.45, 2.75) is 18.7 Å². The predicted molar refractivity (Wildman–Crippen MR) is 144 cm³/mol. The summed E-state index contributed by atoms with van der Waals surface area (Å²) in [5.74, 6) is -0.522. The lowest BCUT2D eigenvalue weighted by Crippen LogP contribution is -2.36. The van der Waals surface area contributed by atoms with E-state index in [-0.39, 0.29) is 6.61 Å². The summed E-state index contributed by atoms with van der Waals surface area (Å²) in [5.41, 5.74) is 1.06. The highest BCUT2D eigenvalue weighted by atomic mass is 32.2. The van der Waals surface area contributed by atoms with Crippen LogP contribution in [-0.4, -0.2) is 21.4 Å². The van der Waals surface area contributed by atoms with E-state index in [0.29, 0.717) is 9.52 Å². The van der Waals surface area contributed by atoms with Gasteiger partial charge in [0.05, 0.1) is 17.4 Å². The third-order valence-corrected chi connectivity index (χ3v) is 12.1. The molecule has 34 heavy (non-hydrogen) atoms. The van der Waals surface area contributed by atoms with Gasteiger partial charge in [-0.1, -0.05) is 109 Å². The van der Waals surface area contributed by atoms with Crippen LogP contribution in [0.1, 0.15) is 12.5 Å². The quantitative estimate of drug-likeness (QED) is 0.279. The van der Waals surface area contributed by atoms with Crippen molar-refractivity contribution in [1.29, 1.82) is 0 Å². The summed E-state index contributed by atoms with van der Waals surface area (Å²) in [6.07, 6.45) is 0. The standard InChI is InChI=1S/C29H27O3PS/c1-3-32-28(30)29(34(31)27-21-19-23(2)20-22-27)33(24-13-7-4-8-14-24,25-15-9-5-10-16-25)26-17-11-6-12-18-26/h4-22H,3H2,1-2H3. The Kier molecular flexibility index (Phi) is 7.62. The van der Waals surface area contributed by atoms with Gasteiger partial charge in [0.25, 0.3) is 0 Å². The van der Waals surface area contributed by atoms with Crippen LogP contribution in [0.3, 0.4) is 0 Å². The zero-order valence-corrected chi connectivity index (χ0v) is 21.0. The molecular weight excluding hydrogens is 459 g/mol. The van der Waals surface area contributed by atoms with Crippen LogP contribution in [0.5, 0.6) is 0 Å². The van der Waals surface area contributed by atoms with E-state index in [1.165, 1.54) is 0 Å². The highest BCUT2D eigenvalue weighted by Crippen LogP contribution is 2.47. The summed E-state index contributed by atoms with van der Waals surface area (Å²) in [5, 5.41) is 2.86. The number of rotatable bonds is 7. The van der Waals surface area contributed by atoms with Gasteiger partial charge < -0.3 is 4.74 Å². The van der Waals surface area contributed by atoms with Crippen LogP contribution in [0.25, 0.3) is 0 Å². The van der Waals surface area contributed by atoms with Gasteiger partial charge in [-0.2, -0.15) is 0 Å². The zero-order chi connectivity index (χ0) is 24.0. The Hall–Kier alpha value is -3.20. The molecule has 0 aliphatic rings. The molecule has 0 fully saturated rings. The van der Waals surface area contributed by atoms with E-state index in [0.717, 1.165) is 21.5 Å². The molecule has 0 radical (unpaired) electrons. The smallest absolute Gasteiger partial charge is 0.348 e. The Morgan fingerprint density at radius 2 is 1.12 bits per heavy atom. The van der Waals surface area contributed by atoms with E-state index in [4.69, 9.17) is 4.74 Å². The molecule has 0 saturated carbocycles. The molecule has 0 saturated heterocycles. The molecular formula is C29H27O3PS. The summed E-state index contributed by atoms with van der Waals surface area (Å²) in [7, 11) is -1.74. The second-order valence-electron chi connectivity index (χ2n) is 7.78. The summed E-state index contributed by atoms with van der Waals surface area (Å²) in [4.78, 5) is 14.4. The van der Waals surface area contributed by atoms with E-state index in [1.54, 1.807) is 6.92 Å². The van der Waals surface area contributed by atoms with Crippen molar-refractivity contribution in [1.82, 2.24) is 0 Å². The lowest BCUT2D eigenvalue weighted by Gasteiger charge is -2.31. The molecule has 0 aliphatic carbocycles. The van der Waals surface area contributed by atoms with Crippen LogP contribution in [0.2, 0.25) is 0 Å². The van der Waals surface area contributed by atoms with Crippen molar-refractivity contribution in [3.05, 3.63) is 121 Å². The van der Waals surface area contributed by atoms with Gasteiger partial charge in [0.15, 0.2) is 0 Å². The zero-order valence-electron chi connectivity index (χ0n) is 19.3. The molecule has 1 unspecified atom stereocenters. The van der Waals surface area contributed by atoms with Crippen LogP contribution in [0.4, 0.5) is 0 Å². The first kappa shape index (κ1) is 23.9. The minimum absolute atomic E-state index is 0.200. The third kappa shape index (κ3) is 4.57. The first-order valence-electron chi connectivity index (χ1n) is 11.2. The third-order valence-electron chi connectivity index (χ3n) is 5.60. The minimum atomic E-state index is -2.84. The Balaban J connectivity index is 2.24. The predicted octanol–water partition coefficient (Wildman–Crippen LogP) is 4.79. The number of hydrogen-bond donors (Lipinski definition) is 0. The molecule has 0 aliphatic heterocycles. The van der Waals surface area contributed by atoms with Gasteiger partial charge in [-0.15, -0.1) is 0 Å². The summed E-state index contributed by atoms with van der Waals surface area (Å²) in [6, 6.07) is 37.3. The van der Waals surface area contributed by atoms with Gasteiger partial charge >= 0.3 is 5.97 Å². The van der Waals surface area contributed by atoms with Gasteiger partial charge in [-0.05, 0) is 41.9 Å². The Morgan fingerprint density at radius 1 is 0.706 bits per heavy atom. The number of carbonyl (C=O) groups excluding carboxylic acids is 1. The lowest BCUT2D eigenvalue weighted by molar-refractivity contribution is -0.134. The molecule has 1 atom stereocenters. The molecule has 5 heteroatoms. The topological polar surface area (TPSA) is 43.4 Å². The number of esters is 1. The molecule has 4 aromatic carbocycles. The number of benzene rings is 4. The maximum absolute atomic E-state index is 14.3. The maximum atomic E-state index is 14.3. The van der Waals surface area contributed by atoms with Gasteiger partial charge in [0.1, 0.15) is 4.63 Å². The fraction of sp³-hybridized carbons (Fsp3) is 0.103. The van der Waals surface area contributed by atoms with E-state index in [9.17, 15) is 9.00 Å². The van der Waals surface area contributed by atoms with Gasteiger partial charge in [0.2, 0.25) is 0 Å². The molecule has 0 N–H and O–H groups in total. The molecule has 4 aromatic rings. The van der Waals surface area contributed by atoms with Gasteiger partial charge in [-0.3, -0.25) is 0 Å². The van der Waals surface area contributed by atoms with E-state index in [2.05, 4.69) is 0 Å². The number of ether oxygens (including phenoxy) is 1. The fourth-order valence-corrected chi connectivity index (χ4v) is 10.9. The van der Waals surface area contributed by atoms with Crippen molar-refractivity contribution in [2.75, 3.05) is 6.61 Å². The number of aryl methyl sites for hydroxylation is 1. The first-order valence-corrected chi connectivity index (χ1v) is 14.1. The molecule has 0 heterocycles. The SMILES string of the molecule is CCOC(=O)C(S(=O)c1ccc(C)cc1)=P(c1ccccc1)(c1ccccc1)c1ccccc1. The highest BCUT2D eigenvalue weighted by molar-refractivity contribution is 8.18. The average Bonchev–Trinajstić information content (AvgIpc) is 2.89. The minimum Gasteiger partial charge on any atom is -0.462 e. The van der Waals surface area contributed by atoms with E-state index >= 15 is 0 Å². The van der Waals surface area contributed by atoms with Crippen LogP contribution < -0.4 is 15.9 Å². The molecule has 3 nitrogen and oxygen atoms in total. The number of carbonyl (C=O) groups is 1. The normalized spacial score (nSPS) is 12.1. The maximum Gasteiger partial charge on any atom is 0.348 e. The van der Waals surface area contributed by atoms with Crippen LogP contribution >= 0.6 is 6.89 Å². The van der Waals surface area contributed by atoms with Gasteiger partial charge in [0, 0.05) is 11.8 Å². The molecule has 0 bridgehead atoms. The van der Waals surface area contributed by atoms with Crippen LogP contribution in [0.15, 0.2) is 120 Å². The molecule has 4 rings (SSSR count). The second kappa shape index (κ2) is 10.8. The first-order chi connectivity index (χ1) is 16.6. The van der Waals surface area contributed by atoms with E-state index < -0.39 is 23.7 Å². The molecule has 172 valence electrons. The van der Waals surface area contributed by atoms with Crippen molar-refractivity contribution >= 4 is 44.2 Å². The summed E-state index contributed by atoms with van der Waals surface area (Å²) in [6.45, 7) is 1.12. The van der Waals surface area contributed by atoms with Crippen molar-refractivity contribution in [3.63, 3.8) is 0 Å².